The van der Waals surface area contributed by atoms with Gasteiger partial charge in [-0.2, -0.15) is 0 Å². The maximum absolute atomic E-state index is 12.3. The van der Waals surface area contributed by atoms with Crippen molar-refractivity contribution >= 4 is 30.7 Å². The molecule has 29 heavy (non-hydrogen) atoms. The van der Waals surface area contributed by atoms with Crippen LogP contribution in [0.4, 0.5) is 0 Å². The number of ether oxygens (including phenoxy) is 2. The van der Waals surface area contributed by atoms with Crippen molar-refractivity contribution in [2.24, 2.45) is 11.7 Å². The minimum Gasteiger partial charge on any atom is -0.494 e. The molecule has 2 aromatic rings. The first-order chi connectivity index (χ1) is 13.2. The molecule has 1 aliphatic rings. The van der Waals surface area contributed by atoms with Crippen LogP contribution in [0.25, 0.3) is 0 Å². The van der Waals surface area contributed by atoms with Crippen molar-refractivity contribution in [3.05, 3.63) is 48.2 Å². The standard InChI is InChI=1S/C21H27N3O3.2ClH/c1-2-12-26-18-7-9-19(10-8-18)27-21-16(4-3-11-23-21)14-24-20(25)15-5-6-17(22)13-15;;/h3-4,7-11,15,17H,2,5-6,12-14,22H2,1H3,(H,24,25);2*1H. The van der Waals surface area contributed by atoms with E-state index >= 15 is 0 Å². The number of amides is 1. The van der Waals surface area contributed by atoms with Gasteiger partial charge in [0.1, 0.15) is 11.5 Å². The van der Waals surface area contributed by atoms with Crippen LogP contribution < -0.4 is 20.5 Å². The Morgan fingerprint density at radius 1 is 1.17 bits per heavy atom. The van der Waals surface area contributed by atoms with Gasteiger partial charge in [-0.15, -0.1) is 24.8 Å². The lowest BCUT2D eigenvalue weighted by molar-refractivity contribution is -0.125. The largest absolute Gasteiger partial charge is 0.494 e. The van der Waals surface area contributed by atoms with E-state index in [0.717, 1.165) is 37.0 Å². The highest BCUT2D eigenvalue weighted by atomic mass is 35.5. The molecule has 8 heteroatoms. The molecule has 2 unspecified atom stereocenters. The van der Waals surface area contributed by atoms with Gasteiger partial charge in [0.25, 0.3) is 0 Å². The fraction of sp³-hybridized carbons (Fsp3) is 0.429. The van der Waals surface area contributed by atoms with Gasteiger partial charge in [0.2, 0.25) is 11.8 Å². The Labute approximate surface area is 184 Å². The SMILES string of the molecule is CCCOc1ccc(Oc2ncccc2CNC(=O)C2CCC(N)C2)cc1.Cl.Cl. The lowest BCUT2D eigenvalue weighted by Gasteiger charge is -2.13. The molecule has 6 nitrogen and oxygen atoms in total. The van der Waals surface area contributed by atoms with E-state index in [9.17, 15) is 4.79 Å². The number of pyridine rings is 1. The van der Waals surface area contributed by atoms with Crippen molar-refractivity contribution in [3.8, 4) is 17.4 Å². The summed E-state index contributed by atoms with van der Waals surface area (Å²) in [4.78, 5) is 16.6. The minimum atomic E-state index is 0. The highest BCUT2D eigenvalue weighted by Crippen LogP contribution is 2.26. The molecular formula is C21H29Cl2N3O3. The van der Waals surface area contributed by atoms with Gasteiger partial charge in [0.05, 0.1) is 6.61 Å². The van der Waals surface area contributed by atoms with Crippen molar-refractivity contribution in [1.82, 2.24) is 10.3 Å². The second-order valence-corrected chi connectivity index (χ2v) is 6.88. The summed E-state index contributed by atoms with van der Waals surface area (Å²) >= 11 is 0. The average molecular weight is 442 g/mol. The van der Waals surface area contributed by atoms with Gasteiger partial charge in [-0.05, 0) is 56.0 Å². The summed E-state index contributed by atoms with van der Waals surface area (Å²) in [5, 5.41) is 2.99. The molecule has 0 saturated heterocycles. The maximum Gasteiger partial charge on any atom is 0.224 e. The molecule has 1 saturated carbocycles. The van der Waals surface area contributed by atoms with Gasteiger partial charge in [-0.3, -0.25) is 4.79 Å². The fourth-order valence-corrected chi connectivity index (χ4v) is 3.17. The minimum absolute atomic E-state index is 0. The quantitative estimate of drug-likeness (QED) is 0.639. The van der Waals surface area contributed by atoms with E-state index in [-0.39, 0.29) is 42.7 Å². The number of hydrogen-bond acceptors (Lipinski definition) is 5. The zero-order valence-corrected chi connectivity index (χ0v) is 18.1. The van der Waals surface area contributed by atoms with E-state index in [1.165, 1.54) is 0 Å². The number of halogens is 2. The summed E-state index contributed by atoms with van der Waals surface area (Å²) in [6.45, 7) is 3.14. The van der Waals surface area contributed by atoms with Crippen molar-refractivity contribution in [1.29, 1.82) is 0 Å². The Balaban J connectivity index is 0.00000210. The molecule has 3 rings (SSSR count). The monoisotopic (exact) mass is 441 g/mol. The van der Waals surface area contributed by atoms with E-state index in [1.807, 2.05) is 36.4 Å². The normalized spacial score (nSPS) is 17.6. The van der Waals surface area contributed by atoms with Crippen molar-refractivity contribution in [3.63, 3.8) is 0 Å². The summed E-state index contributed by atoms with van der Waals surface area (Å²) in [5.74, 6) is 2.04. The maximum atomic E-state index is 12.3. The van der Waals surface area contributed by atoms with Crippen LogP contribution in [0.1, 0.15) is 38.2 Å². The smallest absolute Gasteiger partial charge is 0.224 e. The van der Waals surface area contributed by atoms with Crippen LogP contribution in [0, 0.1) is 5.92 Å². The van der Waals surface area contributed by atoms with Gasteiger partial charge < -0.3 is 20.5 Å². The third-order valence-corrected chi connectivity index (χ3v) is 4.66. The predicted molar refractivity (Wildman–Crippen MR) is 118 cm³/mol. The van der Waals surface area contributed by atoms with Crippen LogP contribution in [0.3, 0.4) is 0 Å². The molecule has 0 radical (unpaired) electrons. The molecule has 2 atom stereocenters. The van der Waals surface area contributed by atoms with Crippen LogP contribution in [0.2, 0.25) is 0 Å². The first kappa shape index (κ1) is 25.0. The highest BCUT2D eigenvalue weighted by molar-refractivity contribution is 5.85. The first-order valence-electron chi connectivity index (χ1n) is 9.53. The summed E-state index contributed by atoms with van der Waals surface area (Å²) < 4.78 is 11.5. The number of nitrogens with one attached hydrogen (secondary N) is 1. The summed E-state index contributed by atoms with van der Waals surface area (Å²) in [5.41, 5.74) is 6.73. The molecule has 1 aromatic heterocycles. The number of rotatable bonds is 8. The van der Waals surface area contributed by atoms with Crippen molar-refractivity contribution in [2.45, 2.75) is 45.2 Å². The number of aromatic nitrogens is 1. The van der Waals surface area contributed by atoms with E-state index in [2.05, 4.69) is 17.2 Å². The summed E-state index contributed by atoms with van der Waals surface area (Å²) in [7, 11) is 0. The van der Waals surface area contributed by atoms with Crippen molar-refractivity contribution < 1.29 is 14.3 Å². The lowest BCUT2D eigenvalue weighted by Crippen LogP contribution is -2.30. The van der Waals surface area contributed by atoms with Crippen LogP contribution in [0.5, 0.6) is 17.4 Å². The van der Waals surface area contributed by atoms with Gasteiger partial charge in [0, 0.05) is 30.3 Å². The molecule has 0 spiro atoms. The Kier molecular flexibility index (Phi) is 10.8. The van der Waals surface area contributed by atoms with Gasteiger partial charge >= 0.3 is 0 Å². The molecule has 1 aromatic carbocycles. The summed E-state index contributed by atoms with van der Waals surface area (Å²) in [6, 6.07) is 11.3. The van der Waals surface area contributed by atoms with Gasteiger partial charge in [-0.25, -0.2) is 4.98 Å². The molecule has 1 aliphatic carbocycles. The first-order valence-corrected chi connectivity index (χ1v) is 9.53. The highest BCUT2D eigenvalue weighted by Gasteiger charge is 2.27. The summed E-state index contributed by atoms with van der Waals surface area (Å²) in [6.07, 6.45) is 5.17. The van der Waals surface area contributed by atoms with Gasteiger partial charge in [-0.1, -0.05) is 13.0 Å². The second kappa shape index (κ2) is 12.5. The van der Waals surface area contributed by atoms with Gasteiger partial charge in [0.15, 0.2) is 0 Å². The van der Waals surface area contributed by atoms with Crippen molar-refractivity contribution in [2.75, 3.05) is 6.61 Å². The van der Waals surface area contributed by atoms with Crippen LogP contribution in [-0.2, 0) is 11.3 Å². The van der Waals surface area contributed by atoms with Crippen LogP contribution in [0.15, 0.2) is 42.6 Å². The Hall–Kier alpha value is -2.02. The molecule has 0 aliphatic heterocycles. The van der Waals surface area contributed by atoms with E-state index in [4.69, 9.17) is 15.2 Å². The van der Waals surface area contributed by atoms with Crippen LogP contribution in [-0.4, -0.2) is 23.5 Å². The zero-order valence-electron chi connectivity index (χ0n) is 16.5. The zero-order chi connectivity index (χ0) is 19.1. The lowest BCUT2D eigenvalue weighted by atomic mass is 10.1. The predicted octanol–water partition coefficient (Wildman–Crippen LogP) is 4.25. The van der Waals surface area contributed by atoms with E-state index < -0.39 is 0 Å². The topological polar surface area (TPSA) is 86.5 Å². The van der Waals surface area contributed by atoms with Crippen LogP contribution >= 0.6 is 24.8 Å². The Morgan fingerprint density at radius 2 is 1.90 bits per heavy atom. The molecule has 1 amide bonds. The molecular weight excluding hydrogens is 413 g/mol. The Morgan fingerprint density at radius 3 is 2.55 bits per heavy atom. The number of carbonyl (C=O) groups excluding carboxylic acids is 1. The Bertz CT molecular complexity index is 759. The van der Waals surface area contributed by atoms with E-state index in [0.29, 0.717) is 24.8 Å². The number of hydrogen-bond donors (Lipinski definition) is 2. The third-order valence-electron chi connectivity index (χ3n) is 4.66. The molecule has 0 bridgehead atoms. The molecule has 1 heterocycles. The average Bonchev–Trinajstić information content (AvgIpc) is 3.13. The van der Waals surface area contributed by atoms with E-state index in [1.54, 1.807) is 6.20 Å². The number of nitrogens with two attached hydrogens (primary N) is 1. The molecule has 3 N–H and O–H groups in total. The second-order valence-electron chi connectivity index (χ2n) is 6.88. The fourth-order valence-electron chi connectivity index (χ4n) is 3.17. The number of nitrogens with zero attached hydrogens (tertiary/aromatic N) is 1. The third kappa shape index (κ3) is 7.38. The molecule has 1 fully saturated rings. The number of benzene rings is 1. The number of carbonyl (C=O) groups is 1. The molecule has 160 valence electrons.